The molecule has 56 heavy (non-hydrogen) atoms. The average molecular weight is 775 g/mol. The number of benzene rings is 3. The van der Waals surface area contributed by atoms with Crippen LogP contribution in [0.2, 0.25) is 0 Å². The smallest absolute Gasteiger partial charge is 0.348 e. The molecular formula is C43H54N2O11. The lowest BCUT2D eigenvalue weighted by atomic mass is 10.1. The second-order valence-corrected chi connectivity index (χ2v) is 13.2. The summed E-state index contributed by atoms with van der Waals surface area (Å²) in [5.74, 6) is -3.18. The number of carbonyl (C=O) groups is 5. The summed E-state index contributed by atoms with van der Waals surface area (Å²) in [6.45, 7) is 9.10. The van der Waals surface area contributed by atoms with Crippen molar-refractivity contribution < 1.29 is 52.4 Å². The lowest BCUT2D eigenvalue weighted by Crippen LogP contribution is -2.36. The summed E-state index contributed by atoms with van der Waals surface area (Å²) in [6.07, 6.45) is 7.01. The van der Waals surface area contributed by atoms with Gasteiger partial charge < -0.3 is 28.4 Å². The summed E-state index contributed by atoms with van der Waals surface area (Å²) in [6, 6.07) is 19.3. The molecular weight excluding hydrogens is 720 g/mol. The molecule has 0 spiro atoms. The molecule has 3 atom stereocenters. The van der Waals surface area contributed by atoms with Crippen LogP contribution >= 0.6 is 0 Å². The quantitative estimate of drug-likeness (QED) is 0.0280. The number of carbonyl (C=O) groups excluding carboxylic acids is 5. The lowest BCUT2D eigenvalue weighted by Gasteiger charge is -2.18. The van der Waals surface area contributed by atoms with Crippen molar-refractivity contribution in [1.82, 2.24) is 0 Å². The Kier molecular flexibility index (Phi) is 19.8. The lowest BCUT2D eigenvalue weighted by molar-refractivity contribution is -0.179. The van der Waals surface area contributed by atoms with Crippen LogP contribution in [-0.2, 0) is 33.3 Å². The predicted octanol–water partition coefficient (Wildman–Crippen LogP) is 9.59. The number of esters is 5. The predicted molar refractivity (Wildman–Crippen MR) is 208 cm³/mol. The first-order chi connectivity index (χ1) is 27.0. The van der Waals surface area contributed by atoms with E-state index in [1.165, 1.54) is 77.1 Å². The van der Waals surface area contributed by atoms with E-state index in [0.29, 0.717) is 24.4 Å². The third-order valence-corrected chi connectivity index (χ3v) is 8.40. The zero-order chi connectivity index (χ0) is 40.7. The molecule has 0 aliphatic carbocycles. The summed E-state index contributed by atoms with van der Waals surface area (Å²) in [4.78, 5) is 62.4. The normalized spacial score (nSPS) is 12.6. The fraction of sp³-hybridized carbons (Fsp3) is 0.465. The third-order valence-electron chi connectivity index (χ3n) is 8.40. The first kappa shape index (κ1) is 44.8. The van der Waals surface area contributed by atoms with Crippen LogP contribution < -0.4 is 9.47 Å². The molecule has 0 heterocycles. The average Bonchev–Trinajstić information content (AvgIpc) is 3.20. The second kappa shape index (κ2) is 24.7. The van der Waals surface area contributed by atoms with Gasteiger partial charge in [-0.25, -0.2) is 24.0 Å². The molecule has 0 aromatic heterocycles. The van der Waals surface area contributed by atoms with Crippen LogP contribution in [0.5, 0.6) is 11.5 Å². The summed E-state index contributed by atoms with van der Waals surface area (Å²) in [7, 11) is 0. The Labute approximate surface area is 329 Å². The van der Waals surface area contributed by atoms with Gasteiger partial charge in [-0.2, -0.15) is 10.2 Å². The fourth-order valence-electron chi connectivity index (χ4n) is 5.02. The number of azo groups is 1. The molecule has 0 amide bonds. The SMILES string of the molecule is CCCCCCCCOc1ccc(N=Nc2ccc(C(=O)Oc3ccc(C(=O)O[C@@H](C)C(=O)O[C@@H](C)C(=O)O[C@@H](C)C(=O)OCCCCCC)cc3)cc2)cc1. The monoisotopic (exact) mass is 774 g/mol. The minimum atomic E-state index is -1.37. The van der Waals surface area contributed by atoms with Gasteiger partial charge in [0.05, 0.1) is 35.7 Å². The molecule has 0 N–H and O–H groups in total. The Balaban J connectivity index is 1.40. The summed E-state index contributed by atoms with van der Waals surface area (Å²) in [5, 5.41) is 8.49. The van der Waals surface area contributed by atoms with Crippen LogP contribution in [0.1, 0.15) is 120 Å². The van der Waals surface area contributed by atoms with Crippen molar-refractivity contribution in [2.75, 3.05) is 13.2 Å². The molecule has 302 valence electrons. The summed E-state index contributed by atoms with van der Waals surface area (Å²) in [5.41, 5.74) is 1.55. The van der Waals surface area contributed by atoms with Crippen LogP contribution in [-0.4, -0.2) is 61.4 Å². The fourth-order valence-corrected chi connectivity index (χ4v) is 5.02. The number of rotatable bonds is 24. The van der Waals surface area contributed by atoms with Crippen LogP contribution in [0, 0.1) is 0 Å². The molecule has 0 fully saturated rings. The van der Waals surface area contributed by atoms with Crippen molar-refractivity contribution in [3.8, 4) is 11.5 Å². The van der Waals surface area contributed by atoms with Gasteiger partial charge in [-0.15, -0.1) is 0 Å². The first-order valence-corrected chi connectivity index (χ1v) is 19.4. The summed E-state index contributed by atoms with van der Waals surface area (Å²) >= 11 is 0. The second-order valence-electron chi connectivity index (χ2n) is 13.2. The minimum absolute atomic E-state index is 0.0731. The van der Waals surface area contributed by atoms with Gasteiger partial charge in [-0.05, 0) is 106 Å². The van der Waals surface area contributed by atoms with Crippen LogP contribution in [0.3, 0.4) is 0 Å². The molecule has 0 aliphatic heterocycles. The molecule has 3 aromatic rings. The van der Waals surface area contributed by atoms with Gasteiger partial charge in [-0.1, -0.05) is 65.2 Å². The molecule has 0 aliphatic rings. The Hall–Kier alpha value is -5.59. The molecule has 13 heteroatoms. The van der Waals surface area contributed by atoms with Gasteiger partial charge >= 0.3 is 29.8 Å². The maximum absolute atomic E-state index is 12.7. The van der Waals surface area contributed by atoms with E-state index in [4.69, 9.17) is 28.4 Å². The van der Waals surface area contributed by atoms with E-state index in [1.54, 1.807) is 24.3 Å². The molecule has 0 unspecified atom stereocenters. The number of unbranched alkanes of at least 4 members (excludes halogenated alkanes) is 8. The molecule has 3 aromatic carbocycles. The molecule has 0 radical (unpaired) electrons. The van der Waals surface area contributed by atoms with E-state index in [2.05, 4.69) is 24.1 Å². The number of hydrogen-bond acceptors (Lipinski definition) is 13. The van der Waals surface area contributed by atoms with Crippen molar-refractivity contribution in [3.05, 3.63) is 83.9 Å². The Bertz CT molecular complexity index is 1710. The molecule has 0 saturated heterocycles. The van der Waals surface area contributed by atoms with E-state index in [0.717, 1.165) is 31.4 Å². The Morgan fingerprint density at radius 3 is 1.50 bits per heavy atom. The molecule has 0 bridgehead atoms. The first-order valence-electron chi connectivity index (χ1n) is 19.4. The highest BCUT2D eigenvalue weighted by atomic mass is 16.6. The summed E-state index contributed by atoms with van der Waals surface area (Å²) < 4.78 is 31.7. The molecule has 0 saturated carbocycles. The van der Waals surface area contributed by atoms with E-state index in [9.17, 15) is 24.0 Å². The standard InChI is InChI=1S/C43H54N2O11/c1-6-8-10-12-13-15-28-51-37-26-22-36(23-27-37)45-44-35-20-16-33(17-21-35)43(50)56-38-24-18-34(19-25-38)42(49)55-32(5)41(48)54-31(4)40(47)53-30(3)39(46)52-29-14-11-9-7-2/h16-27,30-32H,6-15,28-29H2,1-5H3/t30-,31-,32-/m0/s1. The van der Waals surface area contributed by atoms with E-state index >= 15 is 0 Å². The van der Waals surface area contributed by atoms with Crippen LogP contribution in [0.15, 0.2) is 83.0 Å². The van der Waals surface area contributed by atoms with Gasteiger partial charge in [0.15, 0.2) is 18.3 Å². The number of ether oxygens (including phenoxy) is 6. The highest BCUT2D eigenvalue weighted by Gasteiger charge is 2.29. The van der Waals surface area contributed by atoms with E-state index in [-0.39, 0.29) is 23.5 Å². The Morgan fingerprint density at radius 2 is 0.911 bits per heavy atom. The van der Waals surface area contributed by atoms with Crippen LogP contribution in [0.25, 0.3) is 0 Å². The van der Waals surface area contributed by atoms with Crippen LogP contribution in [0.4, 0.5) is 11.4 Å². The van der Waals surface area contributed by atoms with Gasteiger partial charge in [0.1, 0.15) is 11.5 Å². The number of hydrogen-bond donors (Lipinski definition) is 0. The largest absolute Gasteiger partial charge is 0.494 e. The van der Waals surface area contributed by atoms with Crippen molar-refractivity contribution in [2.24, 2.45) is 10.2 Å². The topological polar surface area (TPSA) is 165 Å². The maximum Gasteiger partial charge on any atom is 0.348 e. The maximum atomic E-state index is 12.7. The van der Waals surface area contributed by atoms with Gasteiger partial charge in [0.2, 0.25) is 0 Å². The van der Waals surface area contributed by atoms with Crippen molar-refractivity contribution in [2.45, 2.75) is 117 Å². The Morgan fingerprint density at radius 1 is 0.482 bits per heavy atom. The number of nitrogens with zero attached hydrogens (tertiary/aromatic N) is 2. The highest BCUT2D eigenvalue weighted by Crippen LogP contribution is 2.23. The molecule has 13 nitrogen and oxygen atoms in total. The van der Waals surface area contributed by atoms with E-state index in [1.807, 2.05) is 24.3 Å². The van der Waals surface area contributed by atoms with Gasteiger partial charge in [0, 0.05) is 0 Å². The minimum Gasteiger partial charge on any atom is -0.494 e. The van der Waals surface area contributed by atoms with Gasteiger partial charge in [0.25, 0.3) is 0 Å². The van der Waals surface area contributed by atoms with E-state index < -0.39 is 48.2 Å². The van der Waals surface area contributed by atoms with Crippen molar-refractivity contribution in [1.29, 1.82) is 0 Å². The zero-order valence-corrected chi connectivity index (χ0v) is 33.0. The van der Waals surface area contributed by atoms with Crippen molar-refractivity contribution >= 4 is 41.2 Å². The van der Waals surface area contributed by atoms with Crippen molar-refractivity contribution in [3.63, 3.8) is 0 Å². The highest BCUT2D eigenvalue weighted by molar-refractivity contribution is 5.93. The zero-order valence-electron chi connectivity index (χ0n) is 33.0. The van der Waals surface area contributed by atoms with Gasteiger partial charge in [-0.3, -0.25) is 0 Å². The molecule has 3 rings (SSSR count). The third kappa shape index (κ3) is 16.4.